The maximum Gasteiger partial charge on any atom is 0.339 e. The molecule has 1 atom stereocenters. The van der Waals surface area contributed by atoms with Crippen molar-refractivity contribution in [1.29, 1.82) is 0 Å². The van der Waals surface area contributed by atoms with Crippen molar-refractivity contribution in [3.63, 3.8) is 0 Å². The van der Waals surface area contributed by atoms with E-state index in [1.165, 1.54) is 12.5 Å². The lowest BCUT2D eigenvalue weighted by atomic mass is 10.3. The largest absolute Gasteiger partial charge is 0.479 e. The van der Waals surface area contributed by atoms with E-state index in [9.17, 15) is 13.2 Å². The second-order valence-electron chi connectivity index (χ2n) is 2.91. The van der Waals surface area contributed by atoms with Crippen LogP contribution in [0.4, 0.5) is 5.13 Å². The number of aliphatic carboxylic acids is 1. The zero-order valence-corrected chi connectivity index (χ0v) is 10.1. The van der Waals surface area contributed by atoms with E-state index in [0.717, 1.165) is 17.6 Å². The highest BCUT2D eigenvalue weighted by Gasteiger charge is 2.22. The fourth-order valence-electron chi connectivity index (χ4n) is 0.960. The number of carboxylic acids is 1. The van der Waals surface area contributed by atoms with Crippen LogP contribution < -0.4 is 4.72 Å². The van der Waals surface area contributed by atoms with Gasteiger partial charge < -0.3 is 9.84 Å². The molecule has 0 aromatic carbocycles. The maximum absolute atomic E-state index is 10.9. The molecule has 16 heavy (non-hydrogen) atoms. The molecule has 0 amide bonds. The van der Waals surface area contributed by atoms with E-state index in [4.69, 9.17) is 9.84 Å². The molecule has 2 N–H and O–H groups in total. The summed E-state index contributed by atoms with van der Waals surface area (Å²) in [6, 6.07) is 0. The lowest BCUT2D eigenvalue weighted by Gasteiger charge is -2.06. The predicted molar refractivity (Wildman–Crippen MR) is 58.0 cm³/mol. The number of sulfonamides is 1. The standard InChI is InChI=1S/C7H10N2O5S2/c1-14-5(6(10)11)4-3-15-7(8-4)9-16(2,12)13/h3,5H,1-2H3,(H,8,9)(H,10,11). The Balaban J connectivity index is 2.90. The van der Waals surface area contributed by atoms with E-state index in [2.05, 4.69) is 9.71 Å². The van der Waals surface area contributed by atoms with Gasteiger partial charge in [-0.2, -0.15) is 0 Å². The van der Waals surface area contributed by atoms with E-state index < -0.39 is 22.1 Å². The molecule has 0 aliphatic carbocycles. The Kier molecular flexibility index (Phi) is 3.83. The van der Waals surface area contributed by atoms with Crippen LogP contribution in [-0.2, 0) is 19.6 Å². The number of nitrogens with zero attached hydrogens (tertiary/aromatic N) is 1. The Morgan fingerprint density at radius 1 is 1.69 bits per heavy atom. The van der Waals surface area contributed by atoms with E-state index in [1.807, 2.05) is 0 Å². The van der Waals surface area contributed by atoms with Crippen LogP contribution in [0.2, 0.25) is 0 Å². The molecule has 0 radical (unpaired) electrons. The van der Waals surface area contributed by atoms with E-state index in [1.54, 1.807) is 0 Å². The average Bonchev–Trinajstić information content (AvgIpc) is 2.50. The van der Waals surface area contributed by atoms with Crippen molar-refractivity contribution in [2.45, 2.75) is 6.10 Å². The smallest absolute Gasteiger partial charge is 0.339 e. The maximum atomic E-state index is 10.9. The third-order valence-electron chi connectivity index (χ3n) is 1.52. The van der Waals surface area contributed by atoms with Crippen molar-refractivity contribution >= 4 is 32.5 Å². The number of ether oxygens (including phenoxy) is 1. The number of nitrogens with one attached hydrogen (secondary N) is 1. The normalized spacial score (nSPS) is 13.4. The van der Waals surface area contributed by atoms with Crippen LogP contribution >= 0.6 is 11.3 Å². The summed E-state index contributed by atoms with van der Waals surface area (Å²) in [5, 5.41) is 10.3. The van der Waals surface area contributed by atoms with Crippen LogP contribution in [0.25, 0.3) is 0 Å². The summed E-state index contributed by atoms with van der Waals surface area (Å²) in [5.41, 5.74) is 0.158. The van der Waals surface area contributed by atoms with Crippen molar-refractivity contribution < 1.29 is 23.1 Å². The zero-order chi connectivity index (χ0) is 12.3. The van der Waals surface area contributed by atoms with Gasteiger partial charge in [-0.1, -0.05) is 0 Å². The summed E-state index contributed by atoms with van der Waals surface area (Å²) in [4.78, 5) is 14.5. The lowest BCUT2D eigenvalue weighted by Crippen LogP contribution is -2.14. The third kappa shape index (κ3) is 3.43. The second-order valence-corrected chi connectivity index (χ2v) is 5.51. The number of rotatable bonds is 5. The fourth-order valence-corrected chi connectivity index (χ4v) is 2.54. The topological polar surface area (TPSA) is 106 Å². The van der Waals surface area contributed by atoms with Gasteiger partial charge in [-0.05, 0) is 0 Å². The number of anilines is 1. The van der Waals surface area contributed by atoms with Crippen molar-refractivity contribution in [2.24, 2.45) is 0 Å². The quantitative estimate of drug-likeness (QED) is 0.793. The molecule has 7 nitrogen and oxygen atoms in total. The molecule has 0 saturated carbocycles. The Hall–Kier alpha value is -1.19. The molecule has 1 heterocycles. The summed E-state index contributed by atoms with van der Waals surface area (Å²) >= 11 is 0.993. The summed E-state index contributed by atoms with van der Waals surface area (Å²) in [5.74, 6) is -1.18. The van der Waals surface area contributed by atoms with Gasteiger partial charge in [0.05, 0.1) is 11.9 Å². The first-order valence-corrected chi connectivity index (χ1v) is 6.79. The Morgan fingerprint density at radius 3 is 2.75 bits per heavy atom. The molecule has 0 bridgehead atoms. The summed E-state index contributed by atoms with van der Waals surface area (Å²) in [7, 11) is -2.17. The first kappa shape index (κ1) is 12.9. The van der Waals surface area contributed by atoms with Crippen LogP contribution in [-0.4, -0.2) is 37.8 Å². The van der Waals surface area contributed by atoms with Crippen molar-refractivity contribution in [3.8, 4) is 0 Å². The average molecular weight is 266 g/mol. The molecule has 0 saturated heterocycles. The number of hydrogen-bond donors (Lipinski definition) is 2. The molecule has 1 rings (SSSR count). The highest BCUT2D eigenvalue weighted by Crippen LogP contribution is 2.23. The zero-order valence-electron chi connectivity index (χ0n) is 8.50. The minimum atomic E-state index is -3.41. The SMILES string of the molecule is COC(C(=O)O)c1csc(NS(C)(=O)=O)n1. The Morgan fingerprint density at radius 2 is 2.31 bits per heavy atom. The molecule has 1 unspecified atom stereocenters. The van der Waals surface area contributed by atoms with Gasteiger partial charge >= 0.3 is 5.97 Å². The van der Waals surface area contributed by atoms with Gasteiger partial charge in [-0.15, -0.1) is 11.3 Å². The summed E-state index contributed by atoms with van der Waals surface area (Å²) < 4.78 is 28.6. The fraction of sp³-hybridized carbons (Fsp3) is 0.429. The van der Waals surface area contributed by atoms with Crippen LogP contribution in [0, 0.1) is 0 Å². The van der Waals surface area contributed by atoms with Gasteiger partial charge in [0.25, 0.3) is 0 Å². The number of hydrogen-bond acceptors (Lipinski definition) is 6. The summed E-state index contributed by atoms with van der Waals surface area (Å²) in [6.45, 7) is 0. The van der Waals surface area contributed by atoms with Crippen LogP contribution in [0.3, 0.4) is 0 Å². The third-order valence-corrected chi connectivity index (χ3v) is 2.99. The molecule has 0 aliphatic heterocycles. The van der Waals surface area contributed by atoms with Crippen molar-refractivity contribution in [1.82, 2.24) is 4.98 Å². The second kappa shape index (κ2) is 4.76. The van der Waals surface area contributed by atoms with Crippen LogP contribution in [0.5, 0.6) is 0 Å². The first-order chi connectivity index (χ1) is 7.33. The Labute approximate surface area is 96.1 Å². The molecule has 1 aromatic rings. The van der Waals surface area contributed by atoms with Crippen LogP contribution in [0.1, 0.15) is 11.8 Å². The molecular formula is C7H10N2O5S2. The number of methoxy groups -OCH3 is 1. The van der Waals surface area contributed by atoms with E-state index in [0.29, 0.717) is 0 Å². The minimum absolute atomic E-state index is 0.112. The molecule has 0 spiro atoms. The number of aromatic nitrogens is 1. The van der Waals surface area contributed by atoms with Crippen LogP contribution in [0.15, 0.2) is 5.38 Å². The van der Waals surface area contributed by atoms with E-state index in [-0.39, 0.29) is 10.8 Å². The van der Waals surface area contributed by atoms with Gasteiger partial charge in [0.2, 0.25) is 10.0 Å². The highest BCUT2D eigenvalue weighted by molar-refractivity contribution is 7.92. The van der Waals surface area contributed by atoms with Gasteiger partial charge in [0.15, 0.2) is 11.2 Å². The summed E-state index contributed by atoms with van der Waals surface area (Å²) in [6.07, 6.45) is -0.203. The van der Waals surface area contributed by atoms with Gasteiger partial charge in [0, 0.05) is 12.5 Å². The molecular weight excluding hydrogens is 256 g/mol. The molecule has 9 heteroatoms. The first-order valence-electron chi connectivity index (χ1n) is 4.02. The van der Waals surface area contributed by atoms with Crippen molar-refractivity contribution in [3.05, 3.63) is 11.1 Å². The Bertz CT molecular complexity index is 481. The number of thiazole rings is 1. The number of carboxylic acid groups (broad SMARTS) is 1. The lowest BCUT2D eigenvalue weighted by molar-refractivity contribution is -0.149. The predicted octanol–water partition coefficient (Wildman–Crippen LogP) is 0.287. The van der Waals surface area contributed by atoms with Crippen molar-refractivity contribution in [2.75, 3.05) is 18.1 Å². The van der Waals surface area contributed by atoms with Gasteiger partial charge in [0.1, 0.15) is 0 Å². The van der Waals surface area contributed by atoms with E-state index >= 15 is 0 Å². The van der Waals surface area contributed by atoms with Gasteiger partial charge in [-0.3, -0.25) is 4.72 Å². The highest BCUT2D eigenvalue weighted by atomic mass is 32.2. The monoisotopic (exact) mass is 266 g/mol. The molecule has 1 aromatic heterocycles. The molecule has 0 aliphatic rings. The minimum Gasteiger partial charge on any atom is -0.479 e. The molecule has 90 valence electrons. The molecule has 0 fully saturated rings. The number of carbonyl (C=O) groups is 1. The van der Waals surface area contributed by atoms with Gasteiger partial charge in [-0.25, -0.2) is 18.2 Å².